The Kier molecular flexibility index (Phi) is 3.25. The fraction of sp³-hybridized carbons (Fsp3) is 0.0476. The molecule has 2 aromatic carbocycles. The summed E-state index contributed by atoms with van der Waals surface area (Å²) in [6.45, 7) is 0.746. The number of hydrogen-bond donors (Lipinski definition) is 2. The van der Waals surface area contributed by atoms with Gasteiger partial charge < -0.3 is 5.73 Å². The topological polar surface area (TPSA) is 72.5 Å². The molecule has 5 heteroatoms. The Labute approximate surface area is 150 Å². The summed E-state index contributed by atoms with van der Waals surface area (Å²) in [6.07, 6.45) is 1.82. The van der Waals surface area contributed by atoms with Crippen LogP contribution >= 0.6 is 0 Å². The Morgan fingerprint density at radius 1 is 0.962 bits per heavy atom. The summed E-state index contributed by atoms with van der Waals surface area (Å²) >= 11 is 0. The van der Waals surface area contributed by atoms with Crippen LogP contribution in [0.2, 0.25) is 0 Å². The number of nitrogens with zero attached hydrogens (tertiary/aromatic N) is 3. The highest BCUT2D eigenvalue weighted by molar-refractivity contribution is 5.79. The number of nitrogen functional groups attached to an aromatic ring is 1. The largest absolute Gasteiger partial charge is 0.399 e. The van der Waals surface area contributed by atoms with Crippen LogP contribution in [-0.2, 0) is 6.54 Å². The number of fused-ring (bicyclic) bond motifs is 2. The first-order valence-electron chi connectivity index (χ1n) is 8.51. The van der Waals surface area contributed by atoms with Crippen LogP contribution in [-0.4, -0.2) is 19.7 Å². The minimum atomic E-state index is 0.746. The van der Waals surface area contributed by atoms with E-state index in [0.29, 0.717) is 0 Å². The van der Waals surface area contributed by atoms with Gasteiger partial charge in [0, 0.05) is 22.8 Å². The van der Waals surface area contributed by atoms with E-state index in [2.05, 4.69) is 45.1 Å². The average molecular weight is 339 g/mol. The Morgan fingerprint density at radius 3 is 2.73 bits per heavy atom. The van der Waals surface area contributed by atoms with E-state index in [4.69, 9.17) is 10.7 Å². The number of aromatic amines is 1. The number of aromatic nitrogens is 4. The van der Waals surface area contributed by atoms with E-state index >= 15 is 0 Å². The van der Waals surface area contributed by atoms with Crippen molar-refractivity contribution < 1.29 is 0 Å². The molecule has 0 unspecified atom stereocenters. The molecular formula is C21H17N5. The third-order valence-electron chi connectivity index (χ3n) is 4.60. The van der Waals surface area contributed by atoms with Gasteiger partial charge in [-0.25, -0.2) is 4.98 Å². The van der Waals surface area contributed by atoms with Crippen LogP contribution in [0.15, 0.2) is 72.9 Å². The quantitative estimate of drug-likeness (QED) is 0.484. The Morgan fingerprint density at radius 2 is 1.85 bits per heavy atom. The number of rotatable bonds is 3. The van der Waals surface area contributed by atoms with Crippen molar-refractivity contribution in [3.8, 4) is 11.3 Å². The van der Waals surface area contributed by atoms with Crippen LogP contribution in [0.25, 0.3) is 33.3 Å². The molecule has 0 saturated carbocycles. The highest BCUT2D eigenvalue weighted by Crippen LogP contribution is 2.23. The molecule has 0 aliphatic rings. The van der Waals surface area contributed by atoms with E-state index in [1.54, 1.807) is 0 Å². The van der Waals surface area contributed by atoms with Crippen LogP contribution < -0.4 is 5.73 Å². The second-order valence-electron chi connectivity index (χ2n) is 6.42. The Balaban J connectivity index is 1.49. The van der Waals surface area contributed by atoms with Gasteiger partial charge in [0.2, 0.25) is 0 Å². The van der Waals surface area contributed by atoms with Gasteiger partial charge in [0.05, 0.1) is 23.3 Å². The average Bonchev–Trinajstić information content (AvgIpc) is 2.67. The van der Waals surface area contributed by atoms with Gasteiger partial charge in [0.25, 0.3) is 0 Å². The second kappa shape index (κ2) is 5.74. The first kappa shape index (κ1) is 14.7. The van der Waals surface area contributed by atoms with Crippen LogP contribution in [0, 0.1) is 0 Å². The fourth-order valence-electron chi connectivity index (χ4n) is 3.22. The molecule has 0 bridgehead atoms. The van der Waals surface area contributed by atoms with Gasteiger partial charge in [-0.3, -0.25) is 14.8 Å². The van der Waals surface area contributed by atoms with E-state index < -0.39 is 0 Å². The third-order valence-corrected chi connectivity index (χ3v) is 4.60. The summed E-state index contributed by atoms with van der Waals surface area (Å²) in [5.74, 6) is 0. The molecule has 126 valence electrons. The summed E-state index contributed by atoms with van der Waals surface area (Å²) < 4.78 is 2.06. The van der Waals surface area contributed by atoms with E-state index in [9.17, 15) is 0 Å². The number of anilines is 1. The molecule has 3 N–H and O–H groups in total. The number of nitrogens with one attached hydrogen (secondary N) is 1. The zero-order chi connectivity index (χ0) is 17.5. The SMILES string of the molecule is Nc1ccc(-c2ccc3[nH]n(Cc4ccc5ncccc5c4)c3n2)cc1. The van der Waals surface area contributed by atoms with Crippen LogP contribution in [0.1, 0.15) is 5.56 Å². The monoisotopic (exact) mass is 339 g/mol. The predicted octanol–water partition coefficient (Wildman–Crippen LogP) is 4.21. The fourth-order valence-corrected chi connectivity index (χ4v) is 3.22. The molecule has 5 rings (SSSR count). The van der Waals surface area contributed by atoms with Gasteiger partial charge in [-0.15, -0.1) is 0 Å². The maximum absolute atomic E-state index is 5.77. The van der Waals surface area contributed by atoms with Crippen molar-refractivity contribution >= 4 is 27.8 Å². The van der Waals surface area contributed by atoms with E-state index in [-0.39, 0.29) is 0 Å². The van der Waals surface area contributed by atoms with Crippen LogP contribution in [0.5, 0.6) is 0 Å². The normalized spacial score (nSPS) is 11.4. The van der Waals surface area contributed by atoms with Gasteiger partial charge in [-0.05, 0) is 48.0 Å². The highest BCUT2D eigenvalue weighted by Gasteiger charge is 2.10. The van der Waals surface area contributed by atoms with Gasteiger partial charge in [-0.2, -0.15) is 0 Å². The minimum Gasteiger partial charge on any atom is -0.399 e. The first-order chi connectivity index (χ1) is 12.8. The van der Waals surface area contributed by atoms with Gasteiger partial charge in [0.1, 0.15) is 0 Å². The molecule has 3 aromatic heterocycles. The summed E-state index contributed by atoms with van der Waals surface area (Å²) in [6, 6.07) is 22.3. The van der Waals surface area contributed by atoms with Crippen LogP contribution in [0.4, 0.5) is 5.69 Å². The lowest BCUT2D eigenvalue weighted by molar-refractivity contribution is 0.674. The third kappa shape index (κ3) is 2.50. The number of pyridine rings is 2. The first-order valence-corrected chi connectivity index (χ1v) is 8.51. The lowest BCUT2D eigenvalue weighted by atomic mass is 10.1. The molecule has 0 amide bonds. The van der Waals surface area contributed by atoms with Gasteiger partial charge in [0.15, 0.2) is 5.65 Å². The van der Waals surface area contributed by atoms with Crippen molar-refractivity contribution in [1.82, 2.24) is 19.7 Å². The molecule has 0 aliphatic carbocycles. The van der Waals surface area contributed by atoms with Crippen molar-refractivity contribution in [2.75, 3.05) is 5.73 Å². The summed E-state index contributed by atoms with van der Waals surface area (Å²) in [4.78, 5) is 9.18. The molecule has 0 atom stereocenters. The standard InChI is InChI=1S/C21H17N5/c22-17-6-4-15(5-7-17)19-9-10-20-21(24-19)26(25-20)13-14-3-8-18-16(12-14)2-1-11-23-18/h1-12,25H,13,22H2. The van der Waals surface area contributed by atoms with Gasteiger partial charge in [-0.1, -0.05) is 24.3 Å². The maximum Gasteiger partial charge on any atom is 0.173 e. The molecule has 0 aliphatic heterocycles. The van der Waals surface area contributed by atoms with E-state index in [1.165, 1.54) is 5.56 Å². The molecule has 5 nitrogen and oxygen atoms in total. The van der Waals surface area contributed by atoms with Crippen molar-refractivity contribution in [1.29, 1.82) is 0 Å². The molecule has 0 radical (unpaired) electrons. The molecule has 26 heavy (non-hydrogen) atoms. The lowest BCUT2D eigenvalue weighted by Crippen LogP contribution is -2.13. The zero-order valence-electron chi connectivity index (χ0n) is 14.1. The van der Waals surface area contributed by atoms with Crippen molar-refractivity contribution in [2.45, 2.75) is 6.54 Å². The second-order valence-corrected chi connectivity index (χ2v) is 6.42. The maximum atomic E-state index is 5.77. The number of nitrogens with two attached hydrogens (primary N) is 1. The summed E-state index contributed by atoms with van der Waals surface area (Å²) in [7, 11) is 0. The van der Waals surface area contributed by atoms with Crippen LogP contribution in [0.3, 0.4) is 0 Å². The van der Waals surface area contributed by atoms with Crippen molar-refractivity contribution in [3.05, 3.63) is 78.5 Å². The summed E-state index contributed by atoms with van der Waals surface area (Å²) in [5, 5.41) is 4.49. The smallest absolute Gasteiger partial charge is 0.173 e. The molecule has 0 saturated heterocycles. The van der Waals surface area contributed by atoms with E-state index in [0.717, 1.165) is 45.6 Å². The number of hydrogen-bond acceptors (Lipinski definition) is 3. The predicted molar refractivity (Wildman–Crippen MR) is 105 cm³/mol. The lowest BCUT2D eigenvalue weighted by Gasteiger charge is -2.17. The summed E-state index contributed by atoms with van der Waals surface area (Å²) in [5.41, 5.74) is 12.8. The molecule has 3 heterocycles. The number of H-pyrrole nitrogens is 1. The van der Waals surface area contributed by atoms with Gasteiger partial charge >= 0.3 is 0 Å². The zero-order valence-corrected chi connectivity index (χ0v) is 14.1. The number of benzene rings is 2. The van der Waals surface area contributed by atoms with E-state index in [1.807, 2.05) is 42.6 Å². The van der Waals surface area contributed by atoms with Crippen molar-refractivity contribution in [3.63, 3.8) is 0 Å². The Hall–Kier alpha value is -3.60. The molecular weight excluding hydrogens is 322 g/mol. The molecule has 0 spiro atoms. The van der Waals surface area contributed by atoms with Crippen molar-refractivity contribution in [2.24, 2.45) is 0 Å². The minimum absolute atomic E-state index is 0.746. The Bertz CT molecular complexity index is 1210. The molecule has 5 aromatic rings. The molecule has 0 fully saturated rings. The highest BCUT2D eigenvalue weighted by atomic mass is 15.3.